The Kier molecular flexibility index (Phi) is 5.18. The van der Waals surface area contributed by atoms with E-state index >= 15 is 0 Å². The number of carbonyl (C=O) groups excluding carboxylic acids is 3. The summed E-state index contributed by atoms with van der Waals surface area (Å²) < 4.78 is 1.02. The lowest BCUT2D eigenvalue weighted by molar-refractivity contribution is 0.0959. The van der Waals surface area contributed by atoms with E-state index < -0.39 is 6.04 Å². The molecule has 3 aromatic carbocycles. The maximum absolute atomic E-state index is 13.3. The molecule has 0 aliphatic carbocycles. The summed E-state index contributed by atoms with van der Waals surface area (Å²) in [5.74, 6) is -0.895. The molecule has 7 heteroatoms. The van der Waals surface area contributed by atoms with Gasteiger partial charge in [-0.1, -0.05) is 42.5 Å². The summed E-state index contributed by atoms with van der Waals surface area (Å²) in [5, 5.41) is 11.3. The fourth-order valence-electron chi connectivity index (χ4n) is 4.30. The van der Waals surface area contributed by atoms with Gasteiger partial charge in [0.05, 0.1) is 11.6 Å². The third-order valence-electron chi connectivity index (χ3n) is 5.95. The summed E-state index contributed by atoms with van der Waals surface area (Å²) in [7, 11) is 1.53. The lowest BCUT2D eigenvalue weighted by Gasteiger charge is -2.19. The van der Waals surface area contributed by atoms with E-state index in [-0.39, 0.29) is 17.7 Å². The van der Waals surface area contributed by atoms with Crippen molar-refractivity contribution in [2.24, 2.45) is 0 Å². The SMILES string of the molecule is CNC(=O)c1cc(NC(=O)c2csc3ccccc23)c2c(c1)C(=O)NC2c1ccccc1C. The van der Waals surface area contributed by atoms with Crippen LogP contribution in [0.1, 0.15) is 53.8 Å². The van der Waals surface area contributed by atoms with Crippen LogP contribution in [-0.4, -0.2) is 24.8 Å². The van der Waals surface area contributed by atoms with E-state index in [9.17, 15) is 14.4 Å². The highest BCUT2D eigenvalue weighted by molar-refractivity contribution is 7.17. The van der Waals surface area contributed by atoms with Crippen molar-refractivity contribution in [2.75, 3.05) is 12.4 Å². The summed E-state index contributed by atoms with van der Waals surface area (Å²) >= 11 is 1.50. The number of rotatable bonds is 4. The van der Waals surface area contributed by atoms with Crippen LogP contribution < -0.4 is 16.0 Å². The molecular formula is C26H21N3O3S. The van der Waals surface area contributed by atoms with Crippen molar-refractivity contribution in [2.45, 2.75) is 13.0 Å². The number of carbonyl (C=O) groups is 3. The Bertz CT molecular complexity index is 1440. The van der Waals surface area contributed by atoms with Crippen LogP contribution in [0.5, 0.6) is 0 Å². The molecule has 164 valence electrons. The largest absolute Gasteiger partial charge is 0.355 e. The number of aryl methyl sites for hydroxylation is 1. The van der Waals surface area contributed by atoms with Gasteiger partial charge in [0, 0.05) is 44.9 Å². The Morgan fingerprint density at radius 3 is 2.55 bits per heavy atom. The highest BCUT2D eigenvalue weighted by Gasteiger charge is 2.34. The normalized spacial score (nSPS) is 14.6. The van der Waals surface area contributed by atoms with Gasteiger partial charge in [0.25, 0.3) is 17.7 Å². The molecule has 6 nitrogen and oxygen atoms in total. The number of thiophene rings is 1. The molecule has 0 fully saturated rings. The minimum absolute atomic E-state index is 0.277. The van der Waals surface area contributed by atoms with E-state index in [0.29, 0.717) is 27.9 Å². The van der Waals surface area contributed by atoms with Gasteiger partial charge in [0.2, 0.25) is 0 Å². The lowest BCUT2D eigenvalue weighted by Crippen LogP contribution is -2.21. The maximum Gasteiger partial charge on any atom is 0.257 e. The average molecular weight is 456 g/mol. The molecule has 2 heterocycles. The Labute approximate surface area is 194 Å². The Morgan fingerprint density at radius 2 is 1.76 bits per heavy atom. The first kappa shape index (κ1) is 20.9. The molecule has 5 rings (SSSR count). The minimum Gasteiger partial charge on any atom is -0.355 e. The standard InChI is InChI=1S/C26H21N3O3S/c1-14-7-3-4-8-16(14)23-22-18(25(31)29-23)11-15(24(30)27-2)12-20(22)28-26(32)19-13-33-21-10-6-5-9-17(19)21/h3-13,23H,1-2H3,(H,27,30)(H,28,32)(H,29,31). The summed E-state index contributed by atoms with van der Waals surface area (Å²) in [6, 6.07) is 18.3. The van der Waals surface area contributed by atoms with E-state index in [1.807, 2.05) is 60.8 Å². The molecule has 3 amide bonds. The Balaban J connectivity index is 1.64. The molecule has 1 aliphatic rings. The van der Waals surface area contributed by atoms with Crippen LogP contribution in [0, 0.1) is 6.92 Å². The van der Waals surface area contributed by atoms with Gasteiger partial charge in [-0.15, -0.1) is 11.3 Å². The lowest BCUT2D eigenvalue weighted by atomic mass is 9.92. The van der Waals surface area contributed by atoms with Gasteiger partial charge in [-0.25, -0.2) is 0 Å². The van der Waals surface area contributed by atoms with E-state index in [1.54, 1.807) is 12.1 Å². The fourth-order valence-corrected chi connectivity index (χ4v) is 5.24. The molecule has 1 aliphatic heterocycles. The first-order valence-corrected chi connectivity index (χ1v) is 11.4. The van der Waals surface area contributed by atoms with Crippen LogP contribution in [0.15, 0.2) is 66.0 Å². The van der Waals surface area contributed by atoms with E-state index in [4.69, 9.17) is 0 Å². The first-order valence-electron chi connectivity index (χ1n) is 10.5. The van der Waals surface area contributed by atoms with Crippen molar-refractivity contribution in [3.8, 4) is 0 Å². The van der Waals surface area contributed by atoms with Crippen molar-refractivity contribution in [3.63, 3.8) is 0 Å². The smallest absolute Gasteiger partial charge is 0.257 e. The predicted octanol–water partition coefficient (Wildman–Crippen LogP) is 4.65. The zero-order valence-electron chi connectivity index (χ0n) is 18.1. The van der Waals surface area contributed by atoms with Crippen molar-refractivity contribution in [1.29, 1.82) is 0 Å². The Hall–Kier alpha value is -3.97. The van der Waals surface area contributed by atoms with E-state index in [1.165, 1.54) is 18.4 Å². The first-order chi connectivity index (χ1) is 16.0. The number of anilines is 1. The van der Waals surface area contributed by atoms with Crippen LogP contribution in [-0.2, 0) is 0 Å². The molecule has 3 N–H and O–H groups in total. The topological polar surface area (TPSA) is 87.3 Å². The van der Waals surface area contributed by atoms with Gasteiger partial charge in [0.1, 0.15) is 0 Å². The predicted molar refractivity (Wildman–Crippen MR) is 130 cm³/mol. The second-order valence-electron chi connectivity index (χ2n) is 7.93. The molecule has 0 bridgehead atoms. The van der Waals surface area contributed by atoms with Gasteiger partial charge in [-0.2, -0.15) is 0 Å². The molecule has 33 heavy (non-hydrogen) atoms. The van der Waals surface area contributed by atoms with Crippen molar-refractivity contribution in [1.82, 2.24) is 10.6 Å². The second-order valence-corrected chi connectivity index (χ2v) is 8.84. The van der Waals surface area contributed by atoms with Crippen molar-refractivity contribution < 1.29 is 14.4 Å². The monoisotopic (exact) mass is 455 g/mol. The van der Waals surface area contributed by atoms with Gasteiger partial charge >= 0.3 is 0 Å². The third kappa shape index (κ3) is 3.56. The minimum atomic E-state index is -0.429. The molecule has 0 radical (unpaired) electrons. The van der Waals surface area contributed by atoms with Gasteiger partial charge in [0.15, 0.2) is 0 Å². The van der Waals surface area contributed by atoms with Gasteiger partial charge < -0.3 is 16.0 Å². The van der Waals surface area contributed by atoms with Crippen LogP contribution in [0.25, 0.3) is 10.1 Å². The molecule has 0 spiro atoms. The molecule has 0 saturated heterocycles. The quantitative estimate of drug-likeness (QED) is 0.418. The van der Waals surface area contributed by atoms with E-state index in [0.717, 1.165) is 21.2 Å². The zero-order chi connectivity index (χ0) is 23.1. The maximum atomic E-state index is 13.3. The van der Waals surface area contributed by atoms with E-state index in [2.05, 4.69) is 16.0 Å². The summed E-state index contributed by atoms with van der Waals surface area (Å²) in [4.78, 5) is 38.6. The summed E-state index contributed by atoms with van der Waals surface area (Å²) in [6.45, 7) is 1.98. The van der Waals surface area contributed by atoms with Gasteiger partial charge in [-0.05, 0) is 36.2 Å². The molecule has 1 atom stereocenters. The van der Waals surface area contributed by atoms with Crippen LogP contribution in [0.2, 0.25) is 0 Å². The molecule has 1 aromatic heterocycles. The van der Waals surface area contributed by atoms with Crippen LogP contribution >= 0.6 is 11.3 Å². The fraction of sp³-hybridized carbons (Fsp3) is 0.115. The number of hydrogen-bond acceptors (Lipinski definition) is 4. The molecule has 1 unspecified atom stereocenters. The third-order valence-corrected chi connectivity index (χ3v) is 6.91. The number of nitrogens with one attached hydrogen (secondary N) is 3. The Morgan fingerprint density at radius 1 is 1.00 bits per heavy atom. The summed E-state index contributed by atoms with van der Waals surface area (Å²) in [5.41, 5.74) is 4.31. The highest BCUT2D eigenvalue weighted by Crippen LogP contribution is 2.39. The summed E-state index contributed by atoms with van der Waals surface area (Å²) in [6.07, 6.45) is 0. The highest BCUT2D eigenvalue weighted by atomic mass is 32.1. The van der Waals surface area contributed by atoms with Crippen LogP contribution in [0.4, 0.5) is 5.69 Å². The number of amides is 3. The number of benzene rings is 3. The van der Waals surface area contributed by atoms with Crippen molar-refractivity contribution in [3.05, 3.63) is 99.4 Å². The zero-order valence-corrected chi connectivity index (χ0v) is 18.9. The number of hydrogen-bond donors (Lipinski definition) is 3. The van der Waals surface area contributed by atoms with Crippen molar-refractivity contribution >= 4 is 44.8 Å². The molecular weight excluding hydrogens is 434 g/mol. The van der Waals surface area contributed by atoms with Gasteiger partial charge in [-0.3, -0.25) is 14.4 Å². The average Bonchev–Trinajstić information content (AvgIpc) is 3.40. The van der Waals surface area contributed by atoms with Crippen LogP contribution in [0.3, 0.4) is 0 Å². The molecule has 4 aromatic rings. The number of fused-ring (bicyclic) bond motifs is 2. The molecule has 0 saturated carbocycles. The second kappa shape index (κ2) is 8.18.